The molecule has 2 rings (SSSR count). The molecule has 1 aromatic rings. The van der Waals surface area contributed by atoms with Gasteiger partial charge in [0.15, 0.2) is 0 Å². The van der Waals surface area contributed by atoms with Crippen LogP contribution in [0.3, 0.4) is 0 Å². The number of benzene rings is 1. The van der Waals surface area contributed by atoms with Gasteiger partial charge < -0.3 is 10.4 Å². The molecular weight excluding hydrogens is 240 g/mol. The molecule has 1 saturated carbocycles. The Morgan fingerprint density at radius 2 is 2.00 bits per heavy atom. The molecule has 1 aliphatic carbocycles. The average molecular weight is 258 g/mol. The summed E-state index contributed by atoms with van der Waals surface area (Å²) in [5.41, 5.74) is 0.812. The van der Waals surface area contributed by atoms with E-state index >= 15 is 0 Å². The Morgan fingerprint density at radius 3 is 2.47 bits per heavy atom. The van der Waals surface area contributed by atoms with E-state index in [2.05, 4.69) is 11.4 Å². The number of carbonyl (C=O) groups is 1. The highest BCUT2D eigenvalue weighted by molar-refractivity contribution is 5.98. The summed E-state index contributed by atoms with van der Waals surface area (Å²) in [4.78, 5) is 12.2. The Morgan fingerprint density at radius 1 is 1.42 bits per heavy atom. The fourth-order valence-corrected chi connectivity index (χ4v) is 2.30. The van der Waals surface area contributed by atoms with Crippen LogP contribution < -0.4 is 5.32 Å². The molecule has 1 atom stereocenters. The van der Waals surface area contributed by atoms with Gasteiger partial charge >= 0.3 is 0 Å². The number of nitrogens with zero attached hydrogens (tertiary/aromatic N) is 1. The zero-order valence-corrected chi connectivity index (χ0v) is 11.7. The van der Waals surface area contributed by atoms with Crippen molar-refractivity contribution in [2.45, 2.75) is 39.7 Å². The first-order valence-electron chi connectivity index (χ1n) is 6.27. The van der Waals surface area contributed by atoms with Crippen LogP contribution in [0.5, 0.6) is 5.75 Å². The van der Waals surface area contributed by atoms with Gasteiger partial charge in [-0.1, -0.05) is 19.9 Å². The van der Waals surface area contributed by atoms with Gasteiger partial charge in [-0.2, -0.15) is 5.26 Å². The fourth-order valence-electron chi connectivity index (χ4n) is 2.30. The molecule has 1 fully saturated rings. The Hall–Kier alpha value is -2.02. The van der Waals surface area contributed by atoms with Crippen LogP contribution in [-0.4, -0.2) is 16.6 Å². The third-order valence-corrected chi connectivity index (χ3v) is 4.20. The van der Waals surface area contributed by atoms with E-state index in [-0.39, 0.29) is 16.7 Å². The van der Waals surface area contributed by atoms with E-state index in [1.54, 1.807) is 19.1 Å². The molecule has 0 aromatic heterocycles. The lowest BCUT2D eigenvalue weighted by Crippen LogP contribution is -2.39. The molecule has 0 bridgehead atoms. The molecule has 0 aliphatic heterocycles. The summed E-state index contributed by atoms with van der Waals surface area (Å²) in [6, 6.07) is 5.56. The topological polar surface area (TPSA) is 73.1 Å². The zero-order chi connectivity index (χ0) is 14.4. The molecule has 0 saturated heterocycles. The maximum Gasteiger partial charge on any atom is 0.256 e. The summed E-state index contributed by atoms with van der Waals surface area (Å²) in [7, 11) is 0. The minimum absolute atomic E-state index is 0.0101. The largest absolute Gasteiger partial charge is 0.507 e. The third-order valence-electron chi connectivity index (χ3n) is 4.20. The van der Waals surface area contributed by atoms with Crippen molar-refractivity contribution in [3.63, 3.8) is 0 Å². The molecule has 19 heavy (non-hydrogen) atoms. The Kier molecular flexibility index (Phi) is 2.82. The molecule has 0 radical (unpaired) electrons. The minimum Gasteiger partial charge on any atom is -0.507 e. The maximum absolute atomic E-state index is 12.2. The van der Waals surface area contributed by atoms with Crippen molar-refractivity contribution in [2.75, 3.05) is 0 Å². The molecule has 1 amide bonds. The number of nitrogens with one attached hydrogen (secondary N) is 1. The first kappa shape index (κ1) is 13.4. The lowest BCUT2D eigenvalue weighted by molar-refractivity contribution is 0.0931. The number of nitriles is 1. The summed E-state index contributed by atoms with van der Waals surface area (Å²) >= 11 is 0. The van der Waals surface area contributed by atoms with E-state index in [4.69, 9.17) is 0 Å². The number of rotatable bonds is 2. The molecular formula is C15H18N2O2. The predicted molar refractivity (Wildman–Crippen MR) is 71.8 cm³/mol. The molecule has 100 valence electrons. The first-order valence-corrected chi connectivity index (χ1v) is 6.27. The molecule has 1 aromatic carbocycles. The summed E-state index contributed by atoms with van der Waals surface area (Å²) in [6.45, 7) is 7.52. The van der Waals surface area contributed by atoms with Gasteiger partial charge in [-0.15, -0.1) is 0 Å². The van der Waals surface area contributed by atoms with Crippen molar-refractivity contribution in [3.8, 4) is 11.8 Å². The number of aryl methyl sites for hydroxylation is 1. The Bertz CT molecular complexity index is 599. The number of phenols is 1. The number of phenolic OH excluding ortho intramolecular Hbond substituents is 1. The second-order valence-corrected chi connectivity index (χ2v) is 5.94. The number of hydrogen-bond acceptors (Lipinski definition) is 3. The molecule has 1 aliphatic rings. The van der Waals surface area contributed by atoms with E-state index < -0.39 is 11.4 Å². The Balaban J connectivity index is 2.28. The van der Waals surface area contributed by atoms with E-state index in [0.717, 1.165) is 5.56 Å². The van der Waals surface area contributed by atoms with Gasteiger partial charge in [-0.3, -0.25) is 4.79 Å². The molecule has 0 spiro atoms. The van der Waals surface area contributed by atoms with Crippen LogP contribution in [0.2, 0.25) is 0 Å². The van der Waals surface area contributed by atoms with E-state index in [1.165, 1.54) is 0 Å². The lowest BCUT2D eigenvalue weighted by Gasteiger charge is -2.16. The number of aromatic hydroxyl groups is 1. The zero-order valence-electron chi connectivity index (χ0n) is 11.7. The second-order valence-electron chi connectivity index (χ2n) is 5.94. The smallest absolute Gasteiger partial charge is 0.256 e. The molecule has 4 nitrogen and oxygen atoms in total. The normalized spacial score (nSPS) is 23.5. The van der Waals surface area contributed by atoms with E-state index in [9.17, 15) is 15.2 Å². The molecule has 4 heteroatoms. The summed E-state index contributed by atoms with van der Waals surface area (Å²) in [6.07, 6.45) is 0.633. The van der Waals surface area contributed by atoms with Crippen LogP contribution >= 0.6 is 0 Å². The molecule has 1 unspecified atom stereocenters. The first-order chi connectivity index (χ1) is 8.74. The number of carbonyl (C=O) groups excluding carboxylic acids is 1. The van der Waals surface area contributed by atoms with Gasteiger partial charge in [0.2, 0.25) is 0 Å². The van der Waals surface area contributed by atoms with E-state index in [0.29, 0.717) is 12.0 Å². The SMILES string of the molecule is Cc1ccc(C(=O)NC2(C#N)CC2(C)C)c(O)c1C. The van der Waals surface area contributed by atoms with Crippen LogP contribution in [-0.2, 0) is 0 Å². The fraction of sp³-hybridized carbons (Fsp3) is 0.467. The van der Waals surface area contributed by atoms with Gasteiger partial charge in [-0.25, -0.2) is 0 Å². The van der Waals surface area contributed by atoms with Gasteiger partial charge in [0, 0.05) is 5.41 Å². The average Bonchev–Trinajstić information content (AvgIpc) is 2.88. The summed E-state index contributed by atoms with van der Waals surface area (Å²) in [5.74, 6) is -0.406. The summed E-state index contributed by atoms with van der Waals surface area (Å²) < 4.78 is 0. The van der Waals surface area contributed by atoms with Crippen molar-refractivity contribution in [1.29, 1.82) is 5.26 Å². The van der Waals surface area contributed by atoms with Crippen molar-refractivity contribution >= 4 is 5.91 Å². The molecule has 2 N–H and O–H groups in total. The second kappa shape index (κ2) is 3.99. The quantitative estimate of drug-likeness (QED) is 0.855. The number of amides is 1. The summed E-state index contributed by atoms with van der Waals surface area (Å²) in [5, 5.41) is 22.0. The maximum atomic E-state index is 12.2. The Labute approximate surface area is 113 Å². The lowest BCUT2D eigenvalue weighted by atomic mass is 10.0. The third kappa shape index (κ3) is 1.95. The molecule has 0 heterocycles. The van der Waals surface area contributed by atoms with Crippen molar-refractivity contribution < 1.29 is 9.90 Å². The highest BCUT2D eigenvalue weighted by atomic mass is 16.3. The van der Waals surface area contributed by atoms with Crippen LogP contribution in [0.4, 0.5) is 0 Å². The highest BCUT2D eigenvalue weighted by Crippen LogP contribution is 2.55. The van der Waals surface area contributed by atoms with Crippen molar-refractivity contribution in [1.82, 2.24) is 5.32 Å². The van der Waals surface area contributed by atoms with Crippen LogP contribution in [0.25, 0.3) is 0 Å². The van der Waals surface area contributed by atoms with Gasteiger partial charge in [-0.05, 0) is 37.5 Å². The van der Waals surface area contributed by atoms with Gasteiger partial charge in [0.25, 0.3) is 5.91 Å². The van der Waals surface area contributed by atoms with E-state index in [1.807, 2.05) is 20.8 Å². The standard InChI is InChI=1S/C15H18N2O2/c1-9-5-6-11(12(18)10(9)2)13(19)17-15(8-16)7-14(15,3)4/h5-6,18H,7H2,1-4H3,(H,17,19). The highest BCUT2D eigenvalue weighted by Gasteiger charge is 2.63. The van der Waals surface area contributed by atoms with Crippen molar-refractivity contribution in [3.05, 3.63) is 28.8 Å². The number of hydrogen-bond donors (Lipinski definition) is 2. The van der Waals surface area contributed by atoms with Crippen molar-refractivity contribution in [2.24, 2.45) is 5.41 Å². The van der Waals surface area contributed by atoms with Gasteiger partial charge in [0.1, 0.15) is 11.3 Å². The van der Waals surface area contributed by atoms with Crippen LogP contribution in [0.1, 0.15) is 41.8 Å². The predicted octanol–water partition coefficient (Wildman–Crippen LogP) is 2.43. The minimum atomic E-state index is -0.810. The van der Waals surface area contributed by atoms with Crippen LogP contribution in [0, 0.1) is 30.6 Å². The van der Waals surface area contributed by atoms with Gasteiger partial charge in [0.05, 0.1) is 11.6 Å². The monoisotopic (exact) mass is 258 g/mol. The van der Waals surface area contributed by atoms with Crippen LogP contribution in [0.15, 0.2) is 12.1 Å².